The molecule has 2 fully saturated rings. The molecule has 2 heterocycles. The third-order valence-electron chi connectivity index (χ3n) is 4.45. The zero-order chi connectivity index (χ0) is 14.7. The molecular weight excluding hydrogens is 266 g/mol. The van der Waals surface area contributed by atoms with Gasteiger partial charge in [-0.25, -0.2) is 4.79 Å². The first kappa shape index (κ1) is 14.1. The summed E-state index contributed by atoms with van der Waals surface area (Å²) in [6, 6.07) is 9.94. The quantitative estimate of drug-likeness (QED) is 0.824. The van der Waals surface area contributed by atoms with Crippen LogP contribution in [0.25, 0.3) is 0 Å². The molecule has 1 aromatic carbocycles. The van der Waals surface area contributed by atoms with Gasteiger partial charge in [0.2, 0.25) is 0 Å². The molecule has 5 heteroatoms. The lowest BCUT2D eigenvalue weighted by Gasteiger charge is -2.32. The van der Waals surface area contributed by atoms with E-state index in [1.165, 1.54) is 5.56 Å². The second-order valence-corrected chi connectivity index (χ2v) is 5.83. The molecule has 3 rings (SSSR count). The molecule has 112 valence electrons. The average Bonchev–Trinajstić information content (AvgIpc) is 2.84. The molecule has 2 saturated heterocycles. The number of imide groups is 1. The summed E-state index contributed by atoms with van der Waals surface area (Å²) in [5, 5.41) is 4.93. The van der Waals surface area contributed by atoms with E-state index in [2.05, 4.69) is 45.9 Å². The number of likely N-dealkylation sites (tertiary alicyclic amines) is 1. The van der Waals surface area contributed by atoms with Crippen molar-refractivity contribution in [3.63, 3.8) is 0 Å². The highest BCUT2D eigenvalue weighted by atomic mass is 16.2. The Morgan fingerprint density at radius 1 is 1.10 bits per heavy atom. The molecule has 0 radical (unpaired) electrons. The Morgan fingerprint density at radius 2 is 1.81 bits per heavy atom. The molecule has 21 heavy (non-hydrogen) atoms. The van der Waals surface area contributed by atoms with E-state index in [4.69, 9.17) is 0 Å². The van der Waals surface area contributed by atoms with Crippen molar-refractivity contribution in [3.05, 3.63) is 35.9 Å². The highest BCUT2D eigenvalue weighted by Gasteiger charge is 2.30. The minimum atomic E-state index is -0.368. The zero-order valence-corrected chi connectivity index (χ0v) is 12.0. The maximum absolute atomic E-state index is 11.5. The largest absolute Gasteiger partial charge is 0.326 e. The van der Waals surface area contributed by atoms with Gasteiger partial charge < -0.3 is 10.2 Å². The molecule has 0 aliphatic carbocycles. The van der Waals surface area contributed by atoms with Crippen molar-refractivity contribution in [1.29, 1.82) is 0 Å². The summed E-state index contributed by atoms with van der Waals surface area (Å²) in [6.45, 7) is 2.98. The Morgan fingerprint density at radius 3 is 2.43 bits per heavy atom. The molecule has 1 aromatic rings. The van der Waals surface area contributed by atoms with Crippen LogP contribution in [0.5, 0.6) is 0 Å². The Labute approximate surface area is 124 Å². The smallest absolute Gasteiger partial charge is 0.322 e. The topological polar surface area (TPSA) is 61.4 Å². The maximum atomic E-state index is 11.5. The van der Waals surface area contributed by atoms with Gasteiger partial charge in [-0.05, 0) is 43.8 Å². The number of hydrogen-bond acceptors (Lipinski definition) is 3. The van der Waals surface area contributed by atoms with Gasteiger partial charge in [0.25, 0.3) is 5.91 Å². The van der Waals surface area contributed by atoms with Crippen molar-refractivity contribution in [3.8, 4) is 0 Å². The van der Waals surface area contributed by atoms with E-state index in [0.29, 0.717) is 12.3 Å². The second kappa shape index (κ2) is 6.26. The molecule has 1 atom stereocenters. The number of rotatable bonds is 4. The van der Waals surface area contributed by atoms with Gasteiger partial charge in [-0.2, -0.15) is 0 Å². The Hall–Kier alpha value is -1.88. The third kappa shape index (κ3) is 3.42. The average molecular weight is 287 g/mol. The summed E-state index contributed by atoms with van der Waals surface area (Å²) in [5.74, 6) is 0.455. The first-order valence-electron chi connectivity index (χ1n) is 7.61. The van der Waals surface area contributed by atoms with Gasteiger partial charge in [-0.1, -0.05) is 30.3 Å². The monoisotopic (exact) mass is 287 g/mol. The Bertz CT molecular complexity index is 510. The Kier molecular flexibility index (Phi) is 4.20. The lowest BCUT2D eigenvalue weighted by molar-refractivity contribution is -0.120. The summed E-state index contributed by atoms with van der Waals surface area (Å²) in [7, 11) is 0. The number of urea groups is 1. The third-order valence-corrected chi connectivity index (χ3v) is 4.45. The number of carbonyl (C=O) groups excluding carboxylic acids is 2. The van der Waals surface area contributed by atoms with Gasteiger partial charge in [0.1, 0.15) is 6.04 Å². The van der Waals surface area contributed by atoms with Crippen LogP contribution in [0.1, 0.15) is 30.7 Å². The van der Waals surface area contributed by atoms with Crippen LogP contribution in [0.15, 0.2) is 30.3 Å². The number of hydrogen-bond donors (Lipinski definition) is 2. The molecule has 2 aliphatic rings. The predicted molar refractivity (Wildman–Crippen MR) is 79.9 cm³/mol. The molecule has 0 aromatic heterocycles. The van der Waals surface area contributed by atoms with Gasteiger partial charge in [0.05, 0.1) is 0 Å². The standard InChI is InChI=1S/C16H21N3O2/c20-15-14(17-16(21)18-15)8-11-19-9-6-13(7-10-19)12-4-2-1-3-5-12/h1-5,13-14H,6-11H2,(H2,17,18,20,21). The van der Waals surface area contributed by atoms with Crippen LogP contribution in [0.3, 0.4) is 0 Å². The SMILES string of the molecule is O=C1NC(=O)C(CCN2CCC(c3ccccc3)CC2)N1. The highest BCUT2D eigenvalue weighted by Crippen LogP contribution is 2.27. The van der Waals surface area contributed by atoms with E-state index in [1.807, 2.05) is 0 Å². The fourth-order valence-corrected chi connectivity index (χ4v) is 3.19. The van der Waals surface area contributed by atoms with Crippen LogP contribution >= 0.6 is 0 Å². The van der Waals surface area contributed by atoms with Crippen molar-refractivity contribution >= 4 is 11.9 Å². The highest BCUT2D eigenvalue weighted by molar-refractivity contribution is 6.04. The molecule has 0 saturated carbocycles. The van der Waals surface area contributed by atoms with E-state index >= 15 is 0 Å². The normalized spacial score (nSPS) is 23.9. The van der Waals surface area contributed by atoms with Crippen LogP contribution in [0.4, 0.5) is 4.79 Å². The van der Waals surface area contributed by atoms with E-state index in [-0.39, 0.29) is 18.0 Å². The van der Waals surface area contributed by atoms with Crippen molar-refractivity contribution in [2.24, 2.45) is 0 Å². The van der Waals surface area contributed by atoms with E-state index in [9.17, 15) is 9.59 Å². The zero-order valence-electron chi connectivity index (χ0n) is 12.0. The lowest BCUT2D eigenvalue weighted by atomic mass is 9.89. The summed E-state index contributed by atoms with van der Waals surface area (Å²) in [5.41, 5.74) is 1.43. The first-order chi connectivity index (χ1) is 10.2. The van der Waals surface area contributed by atoms with Crippen LogP contribution in [0, 0.1) is 0 Å². The number of amides is 3. The van der Waals surface area contributed by atoms with Gasteiger partial charge >= 0.3 is 6.03 Å². The molecular formula is C16H21N3O2. The van der Waals surface area contributed by atoms with Crippen molar-refractivity contribution in [1.82, 2.24) is 15.5 Å². The number of piperidine rings is 1. The van der Waals surface area contributed by atoms with Crippen LogP contribution in [-0.4, -0.2) is 42.5 Å². The molecule has 2 aliphatic heterocycles. The molecule has 3 amide bonds. The first-order valence-corrected chi connectivity index (χ1v) is 7.61. The fraction of sp³-hybridized carbons (Fsp3) is 0.500. The number of benzene rings is 1. The van der Waals surface area contributed by atoms with E-state index < -0.39 is 0 Å². The predicted octanol–water partition coefficient (Wildman–Crippen LogP) is 1.46. The van der Waals surface area contributed by atoms with Gasteiger partial charge in [0.15, 0.2) is 0 Å². The summed E-state index contributed by atoms with van der Waals surface area (Å²) < 4.78 is 0. The second-order valence-electron chi connectivity index (χ2n) is 5.83. The maximum Gasteiger partial charge on any atom is 0.322 e. The van der Waals surface area contributed by atoms with Crippen LogP contribution < -0.4 is 10.6 Å². The summed E-state index contributed by atoms with van der Waals surface area (Å²) in [4.78, 5) is 24.9. The Balaban J connectivity index is 1.44. The fourth-order valence-electron chi connectivity index (χ4n) is 3.19. The summed E-state index contributed by atoms with van der Waals surface area (Å²) >= 11 is 0. The van der Waals surface area contributed by atoms with Crippen molar-refractivity contribution < 1.29 is 9.59 Å². The van der Waals surface area contributed by atoms with E-state index in [1.54, 1.807) is 0 Å². The van der Waals surface area contributed by atoms with Crippen molar-refractivity contribution in [2.45, 2.75) is 31.2 Å². The lowest BCUT2D eigenvalue weighted by Crippen LogP contribution is -2.38. The molecule has 2 N–H and O–H groups in total. The molecule has 5 nitrogen and oxygen atoms in total. The number of carbonyl (C=O) groups is 2. The van der Waals surface area contributed by atoms with Crippen molar-refractivity contribution in [2.75, 3.05) is 19.6 Å². The molecule has 1 unspecified atom stereocenters. The number of nitrogens with zero attached hydrogens (tertiary/aromatic N) is 1. The minimum absolute atomic E-state index is 0.195. The number of nitrogens with one attached hydrogen (secondary N) is 2. The van der Waals surface area contributed by atoms with E-state index in [0.717, 1.165) is 32.5 Å². The minimum Gasteiger partial charge on any atom is -0.326 e. The van der Waals surface area contributed by atoms with Gasteiger partial charge in [-0.15, -0.1) is 0 Å². The van der Waals surface area contributed by atoms with Crippen LogP contribution in [0.2, 0.25) is 0 Å². The van der Waals surface area contributed by atoms with Crippen LogP contribution in [-0.2, 0) is 4.79 Å². The summed E-state index contributed by atoms with van der Waals surface area (Å²) in [6.07, 6.45) is 3.01. The van der Waals surface area contributed by atoms with Gasteiger partial charge in [0, 0.05) is 6.54 Å². The molecule has 0 bridgehead atoms. The van der Waals surface area contributed by atoms with Gasteiger partial charge in [-0.3, -0.25) is 10.1 Å². The molecule has 0 spiro atoms.